The van der Waals surface area contributed by atoms with Crippen molar-refractivity contribution in [2.45, 2.75) is 13.5 Å². The van der Waals surface area contributed by atoms with Crippen molar-refractivity contribution in [2.24, 2.45) is 0 Å². The summed E-state index contributed by atoms with van der Waals surface area (Å²) in [6.07, 6.45) is 2.64. The molecule has 0 aliphatic carbocycles. The monoisotopic (exact) mass is 436 g/mol. The molecule has 1 aliphatic rings. The molecule has 0 saturated carbocycles. The van der Waals surface area contributed by atoms with Crippen LogP contribution >= 0.6 is 23.2 Å². The van der Waals surface area contributed by atoms with Crippen LogP contribution in [0.4, 0.5) is 4.79 Å². The quantitative estimate of drug-likeness (QED) is 0.554. The maximum absolute atomic E-state index is 11.9. The molecule has 8 nitrogen and oxygen atoms in total. The van der Waals surface area contributed by atoms with E-state index in [1.165, 1.54) is 6.08 Å². The smallest absolute Gasteiger partial charge is 0.331 e. The number of hydrogen-bond acceptors (Lipinski definition) is 5. The summed E-state index contributed by atoms with van der Waals surface area (Å²) in [5, 5.41) is 7.83. The second-order valence-corrected chi connectivity index (χ2v) is 7.02. The van der Waals surface area contributed by atoms with Crippen LogP contribution in [0.5, 0.6) is 0 Å². The van der Waals surface area contributed by atoms with Gasteiger partial charge in [0.1, 0.15) is 5.15 Å². The van der Waals surface area contributed by atoms with Crippen LogP contribution in [0.3, 0.4) is 0 Å². The van der Waals surface area contributed by atoms with E-state index in [1.54, 1.807) is 17.7 Å². The first-order valence-corrected chi connectivity index (χ1v) is 9.51. The number of imide groups is 1. The van der Waals surface area contributed by atoms with Gasteiger partial charge in [0.15, 0.2) is 6.61 Å². The number of nitrogens with one attached hydrogen (secondary N) is 1. The molecule has 2 aromatic rings. The number of carbonyl (C=O) groups is 3. The molecule has 152 valence electrons. The third-order valence-electron chi connectivity index (χ3n) is 4.27. The molecule has 0 atom stereocenters. The van der Waals surface area contributed by atoms with Crippen LogP contribution in [0.2, 0.25) is 10.2 Å². The van der Waals surface area contributed by atoms with Gasteiger partial charge in [-0.15, -0.1) is 0 Å². The van der Waals surface area contributed by atoms with Gasteiger partial charge in [-0.1, -0.05) is 41.4 Å². The minimum atomic E-state index is -0.729. The summed E-state index contributed by atoms with van der Waals surface area (Å²) in [5.74, 6) is -1.31. The Bertz CT molecular complexity index is 987. The maximum atomic E-state index is 11.9. The van der Waals surface area contributed by atoms with Crippen molar-refractivity contribution in [3.05, 3.63) is 57.3 Å². The fraction of sp³-hybridized carbons (Fsp3) is 0.263. The summed E-state index contributed by atoms with van der Waals surface area (Å²) in [6.45, 7) is 2.26. The van der Waals surface area contributed by atoms with Gasteiger partial charge in [-0.05, 0) is 24.6 Å². The molecular weight excluding hydrogens is 419 g/mol. The lowest BCUT2D eigenvalue weighted by Crippen LogP contribution is -2.37. The molecule has 1 aliphatic heterocycles. The molecule has 0 bridgehead atoms. The van der Waals surface area contributed by atoms with Crippen molar-refractivity contribution >= 4 is 47.2 Å². The first-order valence-electron chi connectivity index (χ1n) is 8.76. The van der Waals surface area contributed by atoms with Crippen molar-refractivity contribution in [1.82, 2.24) is 20.0 Å². The average molecular weight is 437 g/mol. The number of halogens is 2. The topological polar surface area (TPSA) is 93.5 Å². The lowest BCUT2D eigenvalue weighted by Gasteiger charge is -2.11. The van der Waals surface area contributed by atoms with E-state index in [-0.39, 0.29) is 6.54 Å². The number of esters is 1. The fourth-order valence-corrected chi connectivity index (χ4v) is 3.26. The van der Waals surface area contributed by atoms with Gasteiger partial charge in [-0.2, -0.15) is 5.10 Å². The molecule has 3 rings (SSSR count). The zero-order valence-electron chi connectivity index (χ0n) is 15.5. The van der Waals surface area contributed by atoms with Gasteiger partial charge in [-0.25, -0.2) is 14.3 Å². The van der Waals surface area contributed by atoms with Crippen molar-refractivity contribution in [3.8, 4) is 0 Å². The van der Waals surface area contributed by atoms with Crippen LogP contribution in [0.25, 0.3) is 6.08 Å². The van der Waals surface area contributed by atoms with Crippen LogP contribution in [0.1, 0.15) is 16.8 Å². The van der Waals surface area contributed by atoms with E-state index in [0.29, 0.717) is 34.5 Å². The van der Waals surface area contributed by atoms with Gasteiger partial charge in [0, 0.05) is 29.8 Å². The summed E-state index contributed by atoms with van der Waals surface area (Å²) in [7, 11) is 0. The number of hydrogen-bond donors (Lipinski definition) is 1. The standard InChI is InChI=1S/C19H18Cl2N4O4/c1-12-14(18(21)25(23-12)10-13-4-2-3-5-15(13)20)6-7-17(27)29-11-16(26)24-9-8-22-19(24)28/h2-7H,8-11H2,1H3,(H,22,28)/b7-6+. The third-order valence-corrected chi connectivity index (χ3v) is 5.04. The van der Waals surface area contributed by atoms with E-state index in [4.69, 9.17) is 27.9 Å². The number of urea groups is 1. The zero-order chi connectivity index (χ0) is 21.0. The van der Waals surface area contributed by atoms with Crippen LogP contribution in [-0.2, 0) is 20.9 Å². The van der Waals surface area contributed by atoms with Crippen molar-refractivity contribution < 1.29 is 19.1 Å². The van der Waals surface area contributed by atoms with E-state index in [1.807, 2.05) is 18.2 Å². The van der Waals surface area contributed by atoms with Gasteiger partial charge in [0.05, 0.1) is 12.2 Å². The Morgan fingerprint density at radius 3 is 2.76 bits per heavy atom. The number of carbonyl (C=O) groups excluding carboxylic acids is 3. The Kier molecular flexibility index (Phi) is 6.56. The Morgan fingerprint density at radius 1 is 1.31 bits per heavy atom. The van der Waals surface area contributed by atoms with Gasteiger partial charge in [0.25, 0.3) is 5.91 Å². The highest BCUT2D eigenvalue weighted by Crippen LogP contribution is 2.24. The van der Waals surface area contributed by atoms with E-state index in [0.717, 1.165) is 16.5 Å². The largest absolute Gasteiger partial charge is 0.452 e. The molecule has 29 heavy (non-hydrogen) atoms. The molecule has 1 N–H and O–H groups in total. The predicted octanol–water partition coefficient (Wildman–Crippen LogP) is 2.65. The van der Waals surface area contributed by atoms with E-state index in [9.17, 15) is 14.4 Å². The van der Waals surface area contributed by atoms with Crippen LogP contribution in [-0.4, -0.2) is 52.3 Å². The van der Waals surface area contributed by atoms with Crippen LogP contribution < -0.4 is 5.32 Å². The highest BCUT2D eigenvalue weighted by molar-refractivity contribution is 6.32. The van der Waals surface area contributed by atoms with Gasteiger partial charge < -0.3 is 10.1 Å². The number of ether oxygens (including phenoxy) is 1. The first kappa shape index (κ1) is 20.9. The number of amides is 3. The maximum Gasteiger partial charge on any atom is 0.331 e. The lowest BCUT2D eigenvalue weighted by atomic mass is 10.2. The predicted molar refractivity (Wildman–Crippen MR) is 108 cm³/mol. The van der Waals surface area contributed by atoms with Crippen LogP contribution in [0, 0.1) is 6.92 Å². The second-order valence-electron chi connectivity index (χ2n) is 6.26. The minimum absolute atomic E-state index is 0.254. The molecule has 1 aromatic heterocycles. The van der Waals surface area contributed by atoms with E-state index >= 15 is 0 Å². The summed E-state index contributed by atoms with van der Waals surface area (Å²) in [5.41, 5.74) is 2.04. The average Bonchev–Trinajstić information content (AvgIpc) is 3.23. The molecule has 1 saturated heterocycles. The number of rotatable bonds is 6. The van der Waals surface area contributed by atoms with Gasteiger partial charge in [0.2, 0.25) is 0 Å². The number of aryl methyl sites for hydroxylation is 1. The van der Waals surface area contributed by atoms with Gasteiger partial charge >= 0.3 is 12.0 Å². The normalized spacial score (nSPS) is 13.8. The third kappa shape index (κ3) is 4.96. The number of aromatic nitrogens is 2. The van der Waals surface area contributed by atoms with E-state index < -0.39 is 24.5 Å². The second kappa shape index (κ2) is 9.11. The van der Waals surface area contributed by atoms with Crippen molar-refractivity contribution in [2.75, 3.05) is 19.7 Å². The summed E-state index contributed by atoms with van der Waals surface area (Å²) >= 11 is 12.6. The molecule has 2 heterocycles. The molecule has 1 fully saturated rings. The fourth-order valence-electron chi connectivity index (χ4n) is 2.77. The summed E-state index contributed by atoms with van der Waals surface area (Å²) in [4.78, 5) is 36.2. The molecular formula is C19H18Cl2N4O4. The number of benzene rings is 1. The summed E-state index contributed by atoms with van der Waals surface area (Å²) < 4.78 is 6.48. The Hall–Kier alpha value is -2.84. The zero-order valence-corrected chi connectivity index (χ0v) is 17.0. The molecule has 0 radical (unpaired) electrons. The summed E-state index contributed by atoms with van der Waals surface area (Å²) in [6, 6.07) is 6.87. The molecule has 3 amide bonds. The highest BCUT2D eigenvalue weighted by atomic mass is 35.5. The minimum Gasteiger partial charge on any atom is -0.452 e. The Morgan fingerprint density at radius 2 is 2.07 bits per heavy atom. The number of nitrogens with zero attached hydrogens (tertiary/aromatic N) is 3. The molecule has 0 spiro atoms. The van der Waals surface area contributed by atoms with Crippen molar-refractivity contribution in [3.63, 3.8) is 0 Å². The molecule has 10 heteroatoms. The van der Waals surface area contributed by atoms with Crippen molar-refractivity contribution in [1.29, 1.82) is 0 Å². The van der Waals surface area contributed by atoms with Crippen LogP contribution in [0.15, 0.2) is 30.3 Å². The first-order chi connectivity index (χ1) is 13.9. The van der Waals surface area contributed by atoms with E-state index in [2.05, 4.69) is 10.4 Å². The molecule has 0 unspecified atom stereocenters. The van der Waals surface area contributed by atoms with Gasteiger partial charge in [-0.3, -0.25) is 9.69 Å². The highest BCUT2D eigenvalue weighted by Gasteiger charge is 2.26. The Balaban J connectivity index is 1.62. The molecule has 1 aromatic carbocycles. The Labute approximate surface area is 177 Å². The SMILES string of the molecule is Cc1nn(Cc2ccccc2Cl)c(Cl)c1/C=C/C(=O)OCC(=O)N1CCNC1=O. The lowest BCUT2D eigenvalue weighted by molar-refractivity contribution is -0.146.